The number of hydrogen-bond acceptors (Lipinski definition) is 4. The molecule has 1 saturated heterocycles. The average molecular weight is 262 g/mol. The molecule has 102 valence electrons. The molecule has 1 fully saturated rings. The first-order valence-corrected chi connectivity index (χ1v) is 6.60. The summed E-state index contributed by atoms with van der Waals surface area (Å²) in [5, 5.41) is 0. The fourth-order valence-corrected chi connectivity index (χ4v) is 2.91. The monoisotopic (exact) mass is 262 g/mol. The quantitative estimate of drug-likeness (QED) is 0.726. The highest BCUT2D eigenvalue weighted by atomic mass is 16.7. The number of ether oxygens (including phenoxy) is 2. The van der Waals surface area contributed by atoms with E-state index in [-0.39, 0.29) is 25.1 Å². The van der Waals surface area contributed by atoms with E-state index in [1.54, 1.807) is 0 Å². The zero-order valence-corrected chi connectivity index (χ0v) is 11.9. The van der Waals surface area contributed by atoms with Gasteiger partial charge in [0, 0.05) is 6.42 Å². The van der Waals surface area contributed by atoms with Gasteiger partial charge in [-0.25, -0.2) is 0 Å². The molecule has 4 nitrogen and oxygen atoms in total. The molecule has 2 aliphatic heterocycles. The van der Waals surface area contributed by atoms with Crippen LogP contribution in [0.25, 0.3) is 0 Å². The number of fused-ring (bicyclic) bond motifs is 1. The van der Waals surface area contributed by atoms with Crippen molar-refractivity contribution in [1.29, 1.82) is 0 Å². The van der Waals surface area contributed by atoms with Crippen molar-refractivity contribution >= 4 is 12.6 Å². The topological polar surface area (TPSA) is 36.9 Å². The van der Waals surface area contributed by atoms with E-state index >= 15 is 0 Å². The summed E-state index contributed by atoms with van der Waals surface area (Å²) in [6.45, 7) is 8.66. The highest BCUT2D eigenvalue weighted by Crippen LogP contribution is 2.34. The lowest BCUT2D eigenvalue weighted by Crippen LogP contribution is -2.56. The summed E-state index contributed by atoms with van der Waals surface area (Å²) in [7, 11) is -0.367. The largest absolute Gasteiger partial charge is 0.494 e. The molecule has 0 spiro atoms. The Kier molecular flexibility index (Phi) is 2.80. The first kappa shape index (κ1) is 12.8. The fraction of sp³-hybridized carbons (Fsp3) is 0.571. The molecule has 1 aromatic rings. The van der Waals surface area contributed by atoms with Gasteiger partial charge in [-0.15, -0.1) is 0 Å². The van der Waals surface area contributed by atoms with Gasteiger partial charge >= 0.3 is 7.12 Å². The Hall–Kier alpha value is -1.20. The zero-order valence-electron chi connectivity index (χ0n) is 11.9. The van der Waals surface area contributed by atoms with Gasteiger partial charge in [0.05, 0.1) is 11.2 Å². The standard InChI is InChI=1S/C14H19BO4/c1-13(2)8-14(3,4)19-15(18-13)10-5-6-11-12(7-10)17-9-16-11/h5-7H,8-9H2,1-4H3. The van der Waals surface area contributed by atoms with E-state index in [1.807, 2.05) is 18.2 Å². The molecule has 19 heavy (non-hydrogen) atoms. The Labute approximate surface area is 114 Å². The van der Waals surface area contributed by atoms with Crippen LogP contribution in [0.15, 0.2) is 18.2 Å². The maximum atomic E-state index is 6.04. The van der Waals surface area contributed by atoms with Crippen molar-refractivity contribution in [3.63, 3.8) is 0 Å². The third-order valence-electron chi connectivity index (χ3n) is 3.37. The summed E-state index contributed by atoms with van der Waals surface area (Å²) < 4.78 is 22.8. The Balaban J connectivity index is 1.89. The van der Waals surface area contributed by atoms with Crippen LogP contribution in [0.4, 0.5) is 0 Å². The van der Waals surface area contributed by atoms with E-state index in [4.69, 9.17) is 18.8 Å². The van der Waals surface area contributed by atoms with Gasteiger partial charge in [0.15, 0.2) is 11.5 Å². The summed E-state index contributed by atoms with van der Waals surface area (Å²) in [4.78, 5) is 0. The summed E-state index contributed by atoms with van der Waals surface area (Å²) in [6.07, 6.45) is 0.862. The number of benzene rings is 1. The minimum atomic E-state index is -0.367. The first-order chi connectivity index (χ1) is 8.85. The molecule has 5 heteroatoms. The highest BCUT2D eigenvalue weighted by molar-refractivity contribution is 6.61. The zero-order chi connectivity index (χ0) is 13.7. The molecule has 0 saturated carbocycles. The van der Waals surface area contributed by atoms with Crippen LogP contribution >= 0.6 is 0 Å². The maximum Gasteiger partial charge on any atom is 0.494 e. The van der Waals surface area contributed by atoms with Crippen molar-refractivity contribution in [2.45, 2.75) is 45.3 Å². The second-order valence-electron chi connectivity index (χ2n) is 6.38. The molecular weight excluding hydrogens is 243 g/mol. The van der Waals surface area contributed by atoms with Crippen LogP contribution in [0.1, 0.15) is 34.1 Å². The SMILES string of the molecule is CC1(C)CC(C)(C)OB(c2ccc3c(c2)OCO3)O1. The van der Waals surface area contributed by atoms with Gasteiger partial charge in [0.2, 0.25) is 6.79 Å². The average Bonchev–Trinajstić information content (AvgIpc) is 2.71. The number of hydrogen-bond donors (Lipinski definition) is 0. The lowest BCUT2D eigenvalue weighted by molar-refractivity contribution is -0.0716. The summed E-state index contributed by atoms with van der Waals surface area (Å²) in [6, 6.07) is 5.80. The van der Waals surface area contributed by atoms with Crippen molar-refractivity contribution in [3.8, 4) is 11.5 Å². The smallest absolute Gasteiger partial charge is 0.454 e. The highest BCUT2D eigenvalue weighted by Gasteiger charge is 2.43. The molecule has 0 aromatic heterocycles. The van der Waals surface area contributed by atoms with Crippen molar-refractivity contribution in [2.24, 2.45) is 0 Å². The molecule has 2 aliphatic rings. The van der Waals surface area contributed by atoms with Crippen LogP contribution < -0.4 is 14.9 Å². The fourth-order valence-electron chi connectivity index (χ4n) is 2.91. The second-order valence-corrected chi connectivity index (χ2v) is 6.38. The molecule has 0 aliphatic carbocycles. The van der Waals surface area contributed by atoms with Crippen molar-refractivity contribution in [1.82, 2.24) is 0 Å². The Bertz CT molecular complexity index is 482. The van der Waals surface area contributed by atoms with Crippen LogP contribution in [0.3, 0.4) is 0 Å². The predicted molar refractivity (Wildman–Crippen MR) is 72.9 cm³/mol. The van der Waals surface area contributed by atoms with Gasteiger partial charge in [-0.05, 0) is 45.3 Å². The molecule has 0 unspecified atom stereocenters. The van der Waals surface area contributed by atoms with Gasteiger partial charge < -0.3 is 18.8 Å². The van der Waals surface area contributed by atoms with E-state index < -0.39 is 0 Å². The van der Waals surface area contributed by atoms with Crippen LogP contribution in [0, 0.1) is 0 Å². The van der Waals surface area contributed by atoms with Crippen molar-refractivity contribution < 1.29 is 18.8 Å². The minimum absolute atomic E-state index is 0.206. The van der Waals surface area contributed by atoms with E-state index in [0.717, 1.165) is 23.4 Å². The van der Waals surface area contributed by atoms with Crippen LogP contribution in [0.5, 0.6) is 11.5 Å². The Morgan fingerprint density at radius 3 is 2.26 bits per heavy atom. The van der Waals surface area contributed by atoms with Crippen LogP contribution in [-0.2, 0) is 9.31 Å². The molecule has 0 N–H and O–H groups in total. The Morgan fingerprint density at radius 1 is 0.947 bits per heavy atom. The second kappa shape index (κ2) is 4.15. The molecule has 0 amide bonds. The minimum Gasteiger partial charge on any atom is -0.454 e. The van der Waals surface area contributed by atoms with Gasteiger partial charge in [-0.1, -0.05) is 6.07 Å². The maximum absolute atomic E-state index is 6.04. The van der Waals surface area contributed by atoms with Gasteiger partial charge in [0.25, 0.3) is 0 Å². The lowest BCUT2D eigenvalue weighted by atomic mass is 9.72. The van der Waals surface area contributed by atoms with Crippen molar-refractivity contribution in [3.05, 3.63) is 18.2 Å². The lowest BCUT2D eigenvalue weighted by Gasteiger charge is -2.44. The van der Waals surface area contributed by atoms with Gasteiger partial charge in [0.1, 0.15) is 0 Å². The van der Waals surface area contributed by atoms with E-state index in [1.165, 1.54) is 0 Å². The summed E-state index contributed by atoms with van der Waals surface area (Å²) in [5.74, 6) is 1.53. The van der Waals surface area contributed by atoms with Crippen molar-refractivity contribution in [2.75, 3.05) is 6.79 Å². The third-order valence-corrected chi connectivity index (χ3v) is 3.37. The van der Waals surface area contributed by atoms with Gasteiger partial charge in [-0.3, -0.25) is 0 Å². The normalized spacial score (nSPS) is 23.5. The molecule has 0 radical (unpaired) electrons. The van der Waals surface area contributed by atoms with E-state index in [9.17, 15) is 0 Å². The van der Waals surface area contributed by atoms with Gasteiger partial charge in [-0.2, -0.15) is 0 Å². The third kappa shape index (κ3) is 2.58. The molecule has 0 bridgehead atoms. The van der Waals surface area contributed by atoms with E-state index in [2.05, 4.69) is 27.7 Å². The van der Waals surface area contributed by atoms with E-state index in [0.29, 0.717) is 0 Å². The van der Waals surface area contributed by atoms with Crippen LogP contribution in [-0.4, -0.2) is 25.1 Å². The summed E-state index contributed by atoms with van der Waals surface area (Å²) in [5.41, 5.74) is 0.552. The molecular formula is C14H19BO4. The predicted octanol–water partition coefficient (Wildman–Crippen LogP) is 2.10. The number of rotatable bonds is 1. The molecule has 2 heterocycles. The molecule has 3 rings (SSSR count). The first-order valence-electron chi connectivity index (χ1n) is 6.60. The Morgan fingerprint density at radius 2 is 1.58 bits per heavy atom. The molecule has 0 atom stereocenters. The van der Waals surface area contributed by atoms with Crippen LogP contribution in [0.2, 0.25) is 0 Å². The molecule has 1 aromatic carbocycles. The summed E-state index contributed by atoms with van der Waals surface area (Å²) >= 11 is 0.